The van der Waals surface area contributed by atoms with Crippen LogP contribution in [0.3, 0.4) is 0 Å². The van der Waals surface area contributed by atoms with Crippen molar-refractivity contribution < 1.29 is 14.3 Å². The molecule has 1 heterocycles. The summed E-state index contributed by atoms with van der Waals surface area (Å²) in [5.74, 6) is 1.16. The smallest absolute Gasteiger partial charge is 0.281 e. The minimum absolute atomic E-state index is 0.221. The van der Waals surface area contributed by atoms with Gasteiger partial charge in [-0.2, -0.15) is 0 Å². The number of hydrogen-bond acceptors (Lipinski definition) is 4. The van der Waals surface area contributed by atoms with Gasteiger partial charge in [0.05, 0.1) is 12.3 Å². The fourth-order valence-electron chi connectivity index (χ4n) is 3.24. The molecule has 1 amide bonds. The third-order valence-electron chi connectivity index (χ3n) is 4.72. The molecular formula is C25H22N2O3S. The van der Waals surface area contributed by atoms with E-state index in [1.54, 1.807) is 6.08 Å². The molecule has 3 aromatic carbocycles. The third-order valence-corrected chi connectivity index (χ3v) is 5.01. The van der Waals surface area contributed by atoms with Crippen LogP contribution in [-0.4, -0.2) is 17.6 Å². The van der Waals surface area contributed by atoms with Crippen molar-refractivity contribution in [3.63, 3.8) is 0 Å². The predicted octanol–water partition coefficient (Wildman–Crippen LogP) is 4.93. The summed E-state index contributed by atoms with van der Waals surface area (Å²) in [6.45, 7) is 2.90. The van der Waals surface area contributed by atoms with Crippen LogP contribution in [0.1, 0.15) is 18.1 Å². The normalized spacial score (nSPS) is 14.6. The minimum Gasteiger partial charge on any atom is -0.492 e. The summed E-state index contributed by atoms with van der Waals surface area (Å²) in [5, 5.41) is 3.34. The molecule has 0 atom stereocenters. The predicted molar refractivity (Wildman–Crippen MR) is 126 cm³/mol. The van der Waals surface area contributed by atoms with E-state index >= 15 is 0 Å². The second-order valence-corrected chi connectivity index (χ2v) is 7.26. The van der Waals surface area contributed by atoms with Crippen molar-refractivity contribution in [3.05, 3.63) is 95.7 Å². The largest absolute Gasteiger partial charge is 0.492 e. The van der Waals surface area contributed by atoms with E-state index in [2.05, 4.69) is 5.32 Å². The number of carbonyl (C=O) groups is 1. The Hall–Kier alpha value is -3.64. The van der Waals surface area contributed by atoms with Crippen molar-refractivity contribution >= 4 is 35.0 Å². The van der Waals surface area contributed by atoms with E-state index in [0.29, 0.717) is 35.5 Å². The lowest BCUT2D eigenvalue weighted by Crippen LogP contribution is -2.30. The Kier molecular flexibility index (Phi) is 6.29. The molecule has 1 aliphatic heterocycles. The Bertz CT molecular complexity index is 1110. The number of nitrogens with zero attached hydrogens (tertiary/aromatic N) is 1. The first-order valence-electron chi connectivity index (χ1n) is 10.0. The van der Waals surface area contributed by atoms with E-state index in [1.807, 2.05) is 85.8 Å². The van der Waals surface area contributed by atoms with Gasteiger partial charge in [0.25, 0.3) is 5.91 Å². The molecule has 31 heavy (non-hydrogen) atoms. The second kappa shape index (κ2) is 9.45. The number of amides is 1. The van der Waals surface area contributed by atoms with E-state index in [9.17, 15) is 4.79 Å². The quantitative estimate of drug-likeness (QED) is 0.426. The van der Waals surface area contributed by atoms with E-state index in [-0.39, 0.29) is 5.91 Å². The molecular weight excluding hydrogens is 408 g/mol. The monoisotopic (exact) mass is 430 g/mol. The molecule has 6 heteroatoms. The number of ether oxygens (including phenoxy) is 2. The number of thiocarbonyl (C=S) groups is 1. The molecule has 156 valence electrons. The lowest BCUT2D eigenvalue weighted by atomic mass is 10.1. The Labute approximate surface area is 186 Å². The van der Waals surface area contributed by atoms with Gasteiger partial charge in [0.15, 0.2) is 5.11 Å². The molecule has 0 unspecified atom stereocenters. The summed E-state index contributed by atoms with van der Waals surface area (Å²) in [6, 6.07) is 24.9. The Morgan fingerprint density at radius 1 is 0.935 bits per heavy atom. The van der Waals surface area contributed by atoms with Crippen LogP contribution < -0.4 is 19.7 Å². The highest BCUT2D eigenvalue weighted by molar-refractivity contribution is 7.80. The molecule has 0 saturated carbocycles. The maximum atomic E-state index is 13.0. The molecule has 0 spiro atoms. The maximum Gasteiger partial charge on any atom is 0.281 e. The van der Waals surface area contributed by atoms with Gasteiger partial charge in [-0.05, 0) is 60.6 Å². The number of anilines is 1. The summed E-state index contributed by atoms with van der Waals surface area (Å²) in [7, 11) is 0. The first-order valence-corrected chi connectivity index (χ1v) is 10.4. The molecule has 0 aromatic heterocycles. The van der Waals surface area contributed by atoms with Crippen LogP contribution in [0.2, 0.25) is 0 Å². The van der Waals surface area contributed by atoms with Gasteiger partial charge in [0.2, 0.25) is 0 Å². The molecule has 1 N–H and O–H groups in total. The van der Waals surface area contributed by atoms with Crippen molar-refractivity contribution in [1.82, 2.24) is 5.32 Å². The van der Waals surface area contributed by atoms with Crippen molar-refractivity contribution in [3.8, 4) is 11.5 Å². The number of rotatable bonds is 7. The van der Waals surface area contributed by atoms with Gasteiger partial charge >= 0.3 is 0 Å². The Morgan fingerprint density at radius 3 is 2.39 bits per heavy atom. The maximum absolute atomic E-state index is 13.0. The van der Waals surface area contributed by atoms with Gasteiger partial charge in [-0.1, -0.05) is 54.6 Å². The summed E-state index contributed by atoms with van der Waals surface area (Å²) >= 11 is 5.42. The summed E-state index contributed by atoms with van der Waals surface area (Å²) in [4.78, 5) is 14.5. The zero-order chi connectivity index (χ0) is 21.6. The Balaban J connectivity index is 1.48. The molecule has 0 bridgehead atoms. The number of hydrogen-bond donors (Lipinski definition) is 1. The van der Waals surface area contributed by atoms with Crippen molar-refractivity contribution in [2.45, 2.75) is 13.5 Å². The molecule has 1 saturated heterocycles. The van der Waals surface area contributed by atoms with E-state index in [0.717, 1.165) is 16.9 Å². The van der Waals surface area contributed by atoms with Crippen LogP contribution in [0, 0.1) is 0 Å². The number of para-hydroxylation sites is 2. The molecule has 5 nitrogen and oxygen atoms in total. The van der Waals surface area contributed by atoms with Crippen LogP contribution in [0.25, 0.3) is 6.08 Å². The van der Waals surface area contributed by atoms with Crippen LogP contribution in [0.15, 0.2) is 84.6 Å². The van der Waals surface area contributed by atoms with E-state index < -0.39 is 0 Å². The first-order chi connectivity index (χ1) is 15.2. The summed E-state index contributed by atoms with van der Waals surface area (Å²) < 4.78 is 11.5. The van der Waals surface area contributed by atoms with Crippen LogP contribution >= 0.6 is 12.2 Å². The standard InChI is InChI=1S/C25H22N2O3S/c1-2-29-23-11-7-6-10-22(23)27-24(28)21(26-25(27)31)16-18-12-14-20(15-13-18)30-17-19-8-4-3-5-9-19/h3-16H,2,17H2,1H3,(H,26,31)/b21-16+. The highest BCUT2D eigenvalue weighted by Crippen LogP contribution is 2.31. The minimum atomic E-state index is -0.221. The fraction of sp³-hybridized carbons (Fsp3) is 0.120. The highest BCUT2D eigenvalue weighted by Gasteiger charge is 2.33. The highest BCUT2D eigenvalue weighted by atomic mass is 32.1. The van der Waals surface area contributed by atoms with Gasteiger partial charge in [-0.15, -0.1) is 0 Å². The second-order valence-electron chi connectivity index (χ2n) is 6.87. The molecule has 4 rings (SSSR count). The van der Waals surface area contributed by atoms with E-state index in [1.165, 1.54) is 4.90 Å². The van der Waals surface area contributed by atoms with Crippen molar-refractivity contribution in [2.75, 3.05) is 11.5 Å². The zero-order valence-corrected chi connectivity index (χ0v) is 17.9. The van der Waals surface area contributed by atoms with Gasteiger partial charge in [0.1, 0.15) is 23.8 Å². The molecule has 0 aliphatic carbocycles. The molecule has 1 aliphatic rings. The fourth-order valence-corrected chi connectivity index (χ4v) is 3.53. The first kappa shape index (κ1) is 20.6. The number of benzene rings is 3. The van der Waals surface area contributed by atoms with E-state index in [4.69, 9.17) is 21.7 Å². The van der Waals surface area contributed by atoms with Gasteiger partial charge in [-0.3, -0.25) is 4.79 Å². The van der Waals surface area contributed by atoms with Gasteiger partial charge in [-0.25, -0.2) is 4.90 Å². The van der Waals surface area contributed by atoms with Crippen molar-refractivity contribution in [1.29, 1.82) is 0 Å². The summed E-state index contributed by atoms with van der Waals surface area (Å²) in [6.07, 6.45) is 1.78. The zero-order valence-electron chi connectivity index (χ0n) is 17.1. The van der Waals surface area contributed by atoms with Gasteiger partial charge in [0, 0.05) is 0 Å². The SMILES string of the molecule is CCOc1ccccc1N1C(=O)/C(=C\c2ccc(OCc3ccccc3)cc2)NC1=S. The van der Waals surface area contributed by atoms with Gasteiger partial charge < -0.3 is 14.8 Å². The number of carbonyl (C=O) groups excluding carboxylic acids is 1. The molecule has 1 fully saturated rings. The lowest BCUT2D eigenvalue weighted by molar-refractivity contribution is -0.113. The Morgan fingerprint density at radius 2 is 1.65 bits per heavy atom. The molecule has 0 radical (unpaired) electrons. The topological polar surface area (TPSA) is 50.8 Å². The average Bonchev–Trinajstić information content (AvgIpc) is 3.07. The van der Waals surface area contributed by atoms with Crippen LogP contribution in [0.5, 0.6) is 11.5 Å². The average molecular weight is 431 g/mol. The van der Waals surface area contributed by atoms with Crippen LogP contribution in [-0.2, 0) is 11.4 Å². The number of nitrogens with one attached hydrogen (secondary N) is 1. The lowest BCUT2D eigenvalue weighted by Gasteiger charge is -2.17. The summed E-state index contributed by atoms with van der Waals surface area (Å²) in [5.41, 5.74) is 3.01. The van der Waals surface area contributed by atoms with Crippen LogP contribution in [0.4, 0.5) is 5.69 Å². The van der Waals surface area contributed by atoms with Crippen molar-refractivity contribution in [2.24, 2.45) is 0 Å². The third kappa shape index (κ3) is 4.75. The molecule has 3 aromatic rings.